The van der Waals surface area contributed by atoms with Crippen LogP contribution in [-0.2, 0) is 4.79 Å². The molecule has 0 bridgehead atoms. The standard InChI is InChI=1S/C23H22FNO4/c1-14(2)25-22(15-7-9-16(24)10-8-15)19(12-11-17(26)13-21(27)28)18-5-3-4-6-20(18)23(25)29/h3-12,14,17,26H,13H2,1-2H3,(H,27,28). The summed E-state index contributed by atoms with van der Waals surface area (Å²) in [6.07, 6.45) is 1.43. The molecule has 0 saturated carbocycles. The third-order valence-electron chi connectivity index (χ3n) is 4.67. The van der Waals surface area contributed by atoms with Crippen LogP contribution in [0.3, 0.4) is 0 Å². The van der Waals surface area contributed by atoms with Crippen molar-refractivity contribution in [2.24, 2.45) is 0 Å². The van der Waals surface area contributed by atoms with E-state index in [1.54, 1.807) is 47.0 Å². The highest BCUT2D eigenvalue weighted by molar-refractivity contribution is 5.95. The first-order valence-corrected chi connectivity index (χ1v) is 9.31. The van der Waals surface area contributed by atoms with Crippen molar-refractivity contribution < 1.29 is 19.4 Å². The molecule has 3 rings (SSSR count). The van der Waals surface area contributed by atoms with E-state index in [9.17, 15) is 19.1 Å². The molecule has 1 atom stereocenters. The van der Waals surface area contributed by atoms with Crippen LogP contribution in [0.25, 0.3) is 28.1 Å². The van der Waals surface area contributed by atoms with Crippen molar-refractivity contribution in [3.05, 3.63) is 76.3 Å². The fourth-order valence-electron chi connectivity index (χ4n) is 3.41. The van der Waals surface area contributed by atoms with Gasteiger partial charge in [-0.25, -0.2) is 4.39 Å². The van der Waals surface area contributed by atoms with Gasteiger partial charge in [0.05, 0.1) is 18.2 Å². The van der Waals surface area contributed by atoms with Crippen molar-refractivity contribution in [1.29, 1.82) is 0 Å². The minimum absolute atomic E-state index is 0.168. The van der Waals surface area contributed by atoms with E-state index in [-0.39, 0.29) is 17.4 Å². The van der Waals surface area contributed by atoms with E-state index in [4.69, 9.17) is 5.11 Å². The molecule has 6 heteroatoms. The van der Waals surface area contributed by atoms with E-state index >= 15 is 0 Å². The van der Waals surface area contributed by atoms with Crippen LogP contribution in [0.4, 0.5) is 4.39 Å². The van der Waals surface area contributed by atoms with Gasteiger partial charge in [-0.2, -0.15) is 0 Å². The van der Waals surface area contributed by atoms with Crippen molar-refractivity contribution >= 4 is 22.8 Å². The molecule has 0 fully saturated rings. The highest BCUT2D eigenvalue weighted by atomic mass is 19.1. The monoisotopic (exact) mass is 395 g/mol. The average Bonchev–Trinajstić information content (AvgIpc) is 2.67. The summed E-state index contributed by atoms with van der Waals surface area (Å²) < 4.78 is 15.1. The molecule has 1 unspecified atom stereocenters. The number of hydrogen-bond acceptors (Lipinski definition) is 3. The molecular formula is C23H22FNO4. The molecule has 150 valence electrons. The molecule has 5 nitrogen and oxygen atoms in total. The predicted octanol–water partition coefficient (Wildman–Crippen LogP) is 4.24. The highest BCUT2D eigenvalue weighted by Gasteiger charge is 2.19. The van der Waals surface area contributed by atoms with Gasteiger partial charge >= 0.3 is 5.97 Å². The molecule has 2 N–H and O–H groups in total. The summed E-state index contributed by atoms with van der Waals surface area (Å²) in [6.45, 7) is 3.77. The first-order valence-electron chi connectivity index (χ1n) is 9.31. The lowest BCUT2D eigenvalue weighted by Gasteiger charge is -2.21. The van der Waals surface area contributed by atoms with Crippen molar-refractivity contribution in [2.45, 2.75) is 32.4 Å². The number of halogens is 1. The number of aliphatic hydroxyl groups is 1. The zero-order valence-corrected chi connectivity index (χ0v) is 16.2. The maximum absolute atomic E-state index is 13.5. The van der Waals surface area contributed by atoms with E-state index in [2.05, 4.69) is 0 Å². The molecule has 3 aromatic rings. The molecule has 1 aromatic heterocycles. The molecule has 0 aliphatic rings. The second kappa shape index (κ2) is 8.41. The molecule has 0 amide bonds. The van der Waals surface area contributed by atoms with Gasteiger partial charge in [0.1, 0.15) is 5.82 Å². The minimum atomic E-state index is -1.17. The topological polar surface area (TPSA) is 79.5 Å². The summed E-state index contributed by atoms with van der Waals surface area (Å²) in [5.74, 6) is -1.50. The van der Waals surface area contributed by atoms with E-state index in [0.717, 1.165) is 0 Å². The van der Waals surface area contributed by atoms with Crippen LogP contribution >= 0.6 is 0 Å². The van der Waals surface area contributed by atoms with Crippen LogP contribution in [0, 0.1) is 5.82 Å². The van der Waals surface area contributed by atoms with Gasteiger partial charge in [-0.05, 0) is 55.1 Å². The molecule has 0 aliphatic heterocycles. The normalized spacial score (nSPS) is 12.7. The van der Waals surface area contributed by atoms with E-state index in [1.165, 1.54) is 18.2 Å². The summed E-state index contributed by atoms with van der Waals surface area (Å²) in [5, 5.41) is 20.1. The maximum Gasteiger partial charge on any atom is 0.306 e. The Morgan fingerprint density at radius 1 is 1.10 bits per heavy atom. The Kier molecular flexibility index (Phi) is 5.94. The van der Waals surface area contributed by atoms with Crippen molar-refractivity contribution in [3.63, 3.8) is 0 Å². The van der Waals surface area contributed by atoms with Crippen LogP contribution in [0.1, 0.15) is 31.9 Å². The number of aliphatic hydroxyl groups excluding tert-OH is 1. The fraction of sp³-hybridized carbons (Fsp3) is 0.217. The maximum atomic E-state index is 13.5. The van der Waals surface area contributed by atoms with Crippen LogP contribution in [0.15, 0.2) is 59.4 Å². The van der Waals surface area contributed by atoms with Gasteiger partial charge in [-0.3, -0.25) is 9.59 Å². The zero-order valence-electron chi connectivity index (χ0n) is 16.2. The third-order valence-corrected chi connectivity index (χ3v) is 4.67. The van der Waals surface area contributed by atoms with Crippen molar-refractivity contribution in [1.82, 2.24) is 4.57 Å². The van der Waals surface area contributed by atoms with Crippen LogP contribution in [-0.4, -0.2) is 26.9 Å². The number of aliphatic carboxylic acids is 1. The van der Waals surface area contributed by atoms with Crippen LogP contribution < -0.4 is 5.56 Å². The lowest BCUT2D eigenvalue weighted by Crippen LogP contribution is -2.25. The molecular weight excluding hydrogens is 373 g/mol. The van der Waals surface area contributed by atoms with E-state index < -0.39 is 18.5 Å². The summed E-state index contributed by atoms with van der Waals surface area (Å²) in [6, 6.07) is 12.8. The average molecular weight is 395 g/mol. The molecule has 0 radical (unpaired) electrons. The summed E-state index contributed by atoms with van der Waals surface area (Å²) in [5.41, 5.74) is 1.72. The molecule has 1 heterocycles. The predicted molar refractivity (Wildman–Crippen MR) is 111 cm³/mol. The van der Waals surface area contributed by atoms with Crippen LogP contribution in [0.2, 0.25) is 0 Å². The Morgan fingerprint density at radius 3 is 2.31 bits per heavy atom. The number of nitrogens with zero attached hydrogens (tertiary/aromatic N) is 1. The van der Waals surface area contributed by atoms with Gasteiger partial charge in [0.15, 0.2) is 0 Å². The number of rotatable bonds is 6. The number of carboxylic acids is 1. The van der Waals surface area contributed by atoms with Crippen LogP contribution in [0.5, 0.6) is 0 Å². The zero-order chi connectivity index (χ0) is 21.1. The van der Waals surface area contributed by atoms with Crippen molar-refractivity contribution in [3.8, 4) is 11.3 Å². The second-order valence-corrected chi connectivity index (χ2v) is 7.11. The van der Waals surface area contributed by atoms with Crippen molar-refractivity contribution in [2.75, 3.05) is 0 Å². The Labute approximate surface area is 167 Å². The molecule has 29 heavy (non-hydrogen) atoms. The number of hydrogen-bond donors (Lipinski definition) is 2. The highest BCUT2D eigenvalue weighted by Crippen LogP contribution is 2.32. The van der Waals surface area contributed by atoms with Gasteiger partial charge < -0.3 is 14.8 Å². The number of fused-ring (bicyclic) bond motifs is 1. The number of pyridine rings is 1. The summed E-state index contributed by atoms with van der Waals surface area (Å²) in [4.78, 5) is 24.1. The number of carboxylic acid groups (broad SMARTS) is 1. The van der Waals surface area contributed by atoms with E-state index in [0.29, 0.717) is 27.6 Å². The number of benzene rings is 2. The molecule has 0 spiro atoms. The fourth-order valence-corrected chi connectivity index (χ4v) is 3.41. The largest absolute Gasteiger partial charge is 0.481 e. The van der Waals surface area contributed by atoms with Gasteiger partial charge in [0.25, 0.3) is 5.56 Å². The first-order chi connectivity index (χ1) is 13.8. The second-order valence-electron chi connectivity index (χ2n) is 7.11. The van der Waals surface area contributed by atoms with Gasteiger partial charge in [-0.15, -0.1) is 0 Å². The van der Waals surface area contributed by atoms with Gasteiger partial charge in [0, 0.05) is 17.0 Å². The summed E-state index contributed by atoms with van der Waals surface area (Å²) in [7, 11) is 0. The Hall–Kier alpha value is -3.25. The molecule has 0 saturated heterocycles. The third kappa shape index (κ3) is 4.27. The minimum Gasteiger partial charge on any atom is -0.481 e. The lowest BCUT2D eigenvalue weighted by atomic mass is 9.97. The quantitative estimate of drug-likeness (QED) is 0.654. The number of carbonyl (C=O) groups is 1. The van der Waals surface area contributed by atoms with E-state index in [1.807, 2.05) is 13.8 Å². The Balaban J connectivity index is 2.36. The van der Waals surface area contributed by atoms with Gasteiger partial charge in [0.2, 0.25) is 0 Å². The first kappa shape index (κ1) is 20.5. The number of aromatic nitrogens is 1. The smallest absolute Gasteiger partial charge is 0.306 e. The summed E-state index contributed by atoms with van der Waals surface area (Å²) >= 11 is 0. The molecule has 0 aliphatic carbocycles. The lowest BCUT2D eigenvalue weighted by molar-refractivity contribution is -0.138. The molecule has 2 aromatic carbocycles. The van der Waals surface area contributed by atoms with Gasteiger partial charge in [-0.1, -0.05) is 30.4 Å². The Morgan fingerprint density at radius 2 is 1.72 bits per heavy atom. The Bertz CT molecular complexity index is 1130. The SMILES string of the molecule is CC(C)n1c(-c2ccc(F)cc2)c(C=CC(O)CC(=O)O)c2ccccc2c1=O.